The van der Waals surface area contributed by atoms with Crippen molar-refractivity contribution in [2.45, 2.75) is 27.2 Å². The van der Waals surface area contributed by atoms with Gasteiger partial charge in [0.25, 0.3) is 0 Å². The monoisotopic (exact) mass is 255 g/mol. The third-order valence-corrected chi connectivity index (χ3v) is 3.22. The average molecular weight is 256 g/mol. The van der Waals surface area contributed by atoms with Crippen LogP contribution in [0.15, 0.2) is 6.07 Å². The third-order valence-electron chi connectivity index (χ3n) is 2.64. The zero-order valence-electron chi connectivity index (χ0n) is 10.7. The molecule has 1 aromatic carbocycles. The number of carbonyl (C=O) groups is 1. The van der Waals surface area contributed by atoms with Gasteiger partial charge in [0.05, 0.1) is 12.8 Å². The Balaban J connectivity index is 2.96. The van der Waals surface area contributed by atoms with Crippen LogP contribution in [0.4, 0.5) is 5.69 Å². The molecule has 0 saturated heterocycles. The number of rotatable bonds is 5. The van der Waals surface area contributed by atoms with E-state index < -0.39 is 0 Å². The van der Waals surface area contributed by atoms with Crippen LogP contribution < -0.4 is 10.1 Å². The zero-order valence-corrected chi connectivity index (χ0v) is 11.4. The number of methoxy groups -OCH3 is 1. The van der Waals surface area contributed by atoms with Crippen LogP contribution in [-0.2, 0) is 4.79 Å². The number of hydrogen-bond acceptors (Lipinski definition) is 3. The molecule has 4 heteroatoms. The minimum Gasteiger partial charge on any atom is -0.495 e. The van der Waals surface area contributed by atoms with Gasteiger partial charge in [0.2, 0.25) is 0 Å². The lowest BCUT2D eigenvalue weighted by Gasteiger charge is -2.16. The number of ether oxygens (including phenoxy) is 1. The average Bonchev–Trinajstić information content (AvgIpc) is 2.28. The van der Waals surface area contributed by atoms with Crippen molar-refractivity contribution in [3.8, 4) is 5.75 Å². The fraction of sp³-hybridized carbons (Fsp3) is 0.462. The summed E-state index contributed by atoms with van der Waals surface area (Å²) in [5, 5.41) is 3.93. The first-order valence-electron chi connectivity index (χ1n) is 5.54. The number of anilines is 1. The van der Waals surface area contributed by atoms with E-state index in [1.54, 1.807) is 14.0 Å². The predicted octanol–water partition coefficient (Wildman–Crippen LogP) is 3.36. The molecule has 0 unspecified atom stereocenters. The summed E-state index contributed by atoms with van der Waals surface area (Å²) in [4.78, 5) is 10.9. The van der Waals surface area contributed by atoms with Crippen molar-refractivity contribution in [2.75, 3.05) is 19.0 Å². The highest BCUT2D eigenvalue weighted by Crippen LogP contribution is 2.35. The second-order valence-electron chi connectivity index (χ2n) is 4.09. The fourth-order valence-electron chi connectivity index (χ4n) is 1.67. The van der Waals surface area contributed by atoms with Crippen molar-refractivity contribution in [2.24, 2.45) is 0 Å². The van der Waals surface area contributed by atoms with Crippen molar-refractivity contribution >= 4 is 23.1 Å². The topological polar surface area (TPSA) is 38.3 Å². The van der Waals surface area contributed by atoms with Crippen molar-refractivity contribution in [3.05, 3.63) is 22.2 Å². The molecule has 1 N–H and O–H groups in total. The first-order chi connectivity index (χ1) is 7.97. The number of carbonyl (C=O) groups excluding carboxylic acids is 1. The van der Waals surface area contributed by atoms with E-state index in [-0.39, 0.29) is 5.78 Å². The molecule has 3 nitrogen and oxygen atoms in total. The maximum Gasteiger partial charge on any atom is 0.142 e. The van der Waals surface area contributed by atoms with Gasteiger partial charge in [-0.15, -0.1) is 0 Å². The van der Waals surface area contributed by atoms with E-state index in [4.69, 9.17) is 16.3 Å². The largest absolute Gasteiger partial charge is 0.495 e. The molecule has 0 spiro atoms. The number of benzene rings is 1. The maximum atomic E-state index is 10.9. The molecule has 0 heterocycles. The highest BCUT2D eigenvalue weighted by Gasteiger charge is 2.12. The van der Waals surface area contributed by atoms with E-state index in [0.29, 0.717) is 13.0 Å². The van der Waals surface area contributed by atoms with Crippen LogP contribution in [0.25, 0.3) is 0 Å². The second-order valence-corrected chi connectivity index (χ2v) is 4.47. The van der Waals surface area contributed by atoms with Gasteiger partial charge in [-0.2, -0.15) is 0 Å². The first kappa shape index (κ1) is 13.8. The SMILES string of the molecule is COc1cc(C)c(Cl)c(C)c1NCCC(C)=O. The van der Waals surface area contributed by atoms with Crippen molar-refractivity contribution < 1.29 is 9.53 Å². The molecule has 94 valence electrons. The number of Topliss-reactive ketones (excluding diaryl/α,β-unsaturated/α-hetero) is 1. The summed E-state index contributed by atoms with van der Waals surface area (Å²) in [7, 11) is 1.62. The molecule has 0 fully saturated rings. The smallest absolute Gasteiger partial charge is 0.142 e. The molecule has 0 radical (unpaired) electrons. The van der Waals surface area contributed by atoms with E-state index >= 15 is 0 Å². The summed E-state index contributed by atoms with van der Waals surface area (Å²) >= 11 is 6.19. The molecule has 17 heavy (non-hydrogen) atoms. The Hall–Kier alpha value is -1.22. The molecular formula is C13H18ClNO2. The number of halogens is 1. The van der Waals surface area contributed by atoms with Crippen LogP contribution in [-0.4, -0.2) is 19.4 Å². The summed E-state index contributed by atoms with van der Waals surface area (Å²) in [6, 6.07) is 1.89. The lowest BCUT2D eigenvalue weighted by molar-refractivity contribution is -0.116. The normalized spacial score (nSPS) is 10.2. The Morgan fingerprint density at radius 3 is 2.65 bits per heavy atom. The van der Waals surface area contributed by atoms with E-state index in [1.807, 2.05) is 19.9 Å². The van der Waals surface area contributed by atoms with Gasteiger partial charge in [-0.1, -0.05) is 11.6 Å². The minimum absolute atomic E-state index is 0.160. The van der Waals surface area contributed by atoms with Gasteiger partial charge in [0, 0.05) is 18.0 Å². The first-order valence-corrected chi connectivity index (χ1v) is 5.92. The van der Waals surface area contributed by atoms with Gasteiger partial charge in [-0.05, 0) is 38.0 Å². The third kappa shape index (κ3) is 3.37. The molecule has 0 aliphatic rings. The van der Waals surface area contributed by atoms with Crippen molar-refractivity contribution in [1.29, 1.82) is 0 Å². The molecule has 0 atom stereocenters. The quantitative estimate of drug-likeness (QED) is 0.877. The maximum absolute atomic E-state index is 10.9. The second kappa shape index (κ2) is 5.92. The van der Waals surface area contributed by atoms with Gasteiger partial charge < -0.3 is 10.1 Å². The highest BCUT2D eigenvalue weighted by molar-refractivity contribution is 6.32. The molecule has 0 saturated carbocycles. The van der Waals surface area contributed by atoms with E-state index in [0.717, 1.165) is 27.6 Å². The Morgan fingerprint density at radius 2 is 2.12 bits per heavy atom. The van der Waals surface area contributed by atoms with Crippen molar-refractivity contribution in [1.82, 2.24) is 0 Å². The molecule has 0 aliphatic carbocycles. The Morgan fingerprint density at radius 1 is 1.47 bits per heavy atom. The van der Waals surface area contributed by atoms with Gasteiger partial charge in [-0.25, -0.2) is 0 Å². The van der Waals surface area contributed by atoms with Crippen LogP contribution in [0.5, 0.6) is 5.75 Å². The lowest BCUT2D eigenvalue weighted by Crippen LogP contribution is -2.08. The number of aryl methyl sites for hydroxylation is 1. The van der Waals surface area contributed by atoms with Crippen LogP contribution in [0, 0.1) is 13.8 Å². The highest BCUT2D eigenvalue weighted by atomic mass is 35.5. The summed E-state index contributed by atoms with van der Waals surface area (Å²) < 4.78 is 5.31. The van der Waals surface area contributed by atoms with Gasteiger partial charge in [-0.3, -0.25) is 4.79 Å². The number of nitrogens with one attached hydrogen (secondary N) is 1. The standard InChI is InChI=1S/C13H18ClNO2/c1-8-7-11(17-4)13(10(3)12(8)14)15-6-5-9(2)16/h7,15H,5-6H2,1-4H3. The van der Waals surface area contributed by atoms with Gasteiger partial charge in [0.15, 0.2) is 0 Å². The molecule has 1 rings (SSSR count). The van der Waals surface area contributed by atoms with Gasteiger partial charge >= 0.3 is 0 Å². The Kier molecular flexibility index (Phi) is 4.82. The molecule has 0 aliphatic heterocycles. The fourth-order valence-corrected chi connectivity index (χ4v) is 1.82. The number of hydrogen-bond donors (Lipinski definition) is 1. The van der Waals surface area contributed by atoms with Crippen LogP contribution in [0.1, 0.15) is 24.5 Å². The Bertz CT molecular complexity index is 430. The van der Waals surface area contributed by atoms with Crippen LogP contribution >= 0.6 is 11.6 Å². The summed E-state index contributed by atoms with van der Waals surface area (Å²) in [5.74, 6) is 0.917. The molecule has 1 aromatic rings. The van der Waals surface area contributed by atoms with Crippen LogP contribution in [0.2, 0.25) is 5.02 Å². The van der Waals surface area contributed by atoms with Crippen molar-refractivity contribution in [3.63, 3.8) is 0 Å². The van der Waals surface area contributed by atoms with E-state index in [9.17, 15) is 4.79 Å². The van der Waals surface area contributed by atoms with Gasteiger partial charge in [0.1, 0.15) is 11.5 Å². The van der Waals surface area contributed by atoms with E-state index in [2.05, 4.69) is 5.32 Å². The predicted molar refractivity (Wildman–Crippen MR) is 71.3 cm³/mol. The summed E-state index contributed by atoms with van der Waals surface area (Å²) in [6.07, 6.45) is 0.494. The van der Waals surface area contributed by atoms with E-state index in [1.165, 1.54) is 0 Å². The van der Waals surface area contributed by atoms with Crippen LogP contribution in [0.3, 0.4) is 0 Å². The minimum atomic E-state index is 0.160. The molecule has 0 bridgehead atoms. The lowest BCUT2D eigenvalue weighted by atomic mass is 10.1. The zero-order chi connectivity index (χ0) is 13.0. The molecule has 0 amide bonds. The number of ketones is 1. The molecular weight excluding hydrogens is 238 g/mol. The summed E-state index contributed by atoms with van der Waals surface area (Å²) in [5.41, 5.74) is 2.80. The summed E-state index contributed by atoms with van der Waals surface area (Å²) in [6.45, 7) is 6.05. The molecule has 0 aromatic heterocycles. The Labute approximate surface area is 107 Å².